The Bertz CT molecular complexity index is 508. The van der Waals surface area contributed by atoms with Crippen LogP contribution in [0.15, 0.2) is 38.5 Å². The van der Waals surface area contributed by atoms with Gasteiger partial charge in [-0.2, -0.15) is 0 Å². The van der Waals surface area contributed by atoms with Crippen LogP contribution in [0.1, 0.15) is 23.4 Å². The van der Waals surface area contributed by atoms with Crippen LogP contribution < -0.4 is 5.73 Å². The van der Waals surface area contributed by atoms with Crippen molar-refractivity contribution in [3.8, 4) is 0 Å². The Balaban J connectivity index is 2.20. The number of hydrogen-bond acceptors (Lipinski definition) is 4. The Hall–Kier alpha value is -0.360. The summed E-state index contributed by atoms with van der Waals surface area (Å²) in [4.78, 5) is 4.49. The number of halogens is 1. The molecule has 2 rings (SSSR count). The molecule has 0 aliphatic heterocycles. The maximum Gasteiger partial charge on any atom is 0.150 e. The number of aryl methyl sites for hydroxylation is 1. The van der Waals surface area contributed by atoms with Gasteiger partial charge in [0, 0.05) is 21.6 Å². The summed E-state index contributed by atoms with van der Waals surface area (Å²) in [7, 11) is 0. The molecule has 5 heteroatoms. The van der Waals surface area contributed by atoms with E-state index in [1.807, 2.05) is 13.8 Å². The average Bonchev–Trinajstić information content (AvgIpc) is 2.73. The smallest absolute Gasteiger partial charge is 0.150 e. The highest BCUT2D eigenvalue weighted by Crippen LogP contribution is 2.38. The van der Waals surface area contributed by atoms with Crippen molar-refractivity contribution in [3.05, 3.63) is 45.4 Å². The van der Waals surface area contributed by atoms with Crippen LogP contribution in [-0.2, 0) is 0 Å². The predicted octanol–water partition coefficient (Wildman–Crippen LogP) is 4.39. The van der Waals surface area contributed by atoms with Gasteiger partial charge in [-0.1, -0.05) is 39.8 Å². The van der Waals surface area contributed by atoms with Crippen molar-refractivity contribution in [2.24, 2.45) is 5.73 Å². The van der Waals surface area contributed by atoms with Crippen molar-refractivity contribution >= 4 is 39.0 Å². The van der Waals surface area contributed by atoms with Gasteiger partial charge in [-0.05, 0) is 31.5 Å². The quantitative estimate of drug-likeness (QED) is 0.837. The number of rotatable bonds is 4. The zero-order valence-corrected chi connectivity index (χ0v) is 13.5. The molecule has 0 saturated heterocycles. The molecule has 2 N–H and O–H groups in total. The third kappa shape index (κ3) is 3.57. The summed E-state index contributed by atoms with van der Waals surface area (Å²) in [5, 5.41) is 2.31. The summed E-state index contributed by atoms with van der Waals surface area (Å²) in [5.41, 5.74) is 8.42. The minimum Gasteiger partial charge on any atom is -0.327 e. The van der Waals surface area contributed by atoms with E-state index in [0.717, 1.165) is 14.5 Å². The van der Waals surface area contributed by atoms with Gasteiger partial charge in [0.05, 0.1) is 5.25 Å². The molecule has 2 aromatic rings. The standard InChI is InChI=1S/C13H15BrN2S2/c1-8-7-17-13(16-8)18-12(9(2)15)10-3-5-11(14)6-4-10/h3-7,9,12H,15H2,1-2H3. The fourth-order valence-corrected chi connectivity index (χ4v) is 4.01. The van der Waals surface area contributed by atoms with Gasteiger partial charge in [-0.3, -0.25) is 0 Å². The van der Waals surface area contributed by atoms with Crippen molar-refractivity contribution in [2.45, 2.75) is 29.5 Å². The molecule has 0 amide bonds. The second-order valence-corrected chi connectivity index (χ2v) is 7.37. The first-order chi connectivity index (χ1) is 8.56. The predicted molar refractivity (Wildman–Crippen MR) is 83.2 cm³/mol. The van der Waals surface area contributed by atoms with Crippen molar-refractivity contribution in [1.29, 1.82) is 0 Å². The van der Waals surface area contributed by atoms with Gasteiger partial charge in [-0.25, -0.2) is 4.98 Å². The van der Waals surface area contributed by atoms with E-state index in [1.54, 1.807) is 23.1 Å². The van der Waals surface area contributed by atoms with E-state index in [0.29, 0.717) is 0 Å². The van der Waals surface area contributed by atoms with Crippen LogP contribution in [0.25, 0.3) is 0 Å². The molecule has 0 bridgehead atoms. The largest absolute Gasteiger partial charge is 0.327 e. The molecular formula is C13H15BrN2S2. The first kappa shape index (κ1) is 14.1. The summed E-state index contributed by atoms with van der Waals surface area (Å²) >= 11 is 6.88. The molecule has 0 fully saturated rings. The topological polar surface area (TPSA) is 38.9 Å². The molecule has 0 spiro atoms. The maximum absolute atomic E-state index is 6.11. The van der Waals surface area contributed by atoms with E-state index < -0.39 is 0 Å². The van der Waals surface area contributed by atoms with Gasteiger partial charge in [0.2, 0.25) is 0 Å². The molecule has 0 aliphatic rings. The van der Waals surface area contributed by atoms with Gasteiger partial charge in [-0.15, -0.1) is 11.3 Å². The van der Waals surface area contributed by atoms with Crippen LogP contribution in [0, 0.1) is 6.92 Å². The van der Waals surface area contributed by atoms with Crippen LogP contribution in [0.4, 0.5) is 0 Å². The highest BCUT2D eigenvalue weighted by atomic mass is 79.9. The van der Waals surface area contributed by atoms with E-state index in [2.05, 4.69) is 50.6 Å². The molecule has 0 saturated carbocycles. The Morgan fingerprint density at radius 3 is 2.50 bits per heavy atom. The molecule has 1 aromatic carbocycles. The number of nitrogens with zero attached hydrogens (tertiary/aromatic N) is 1. The molecule has 2 unspecified atom stereocenters. The lowest BCUT2D eigenvalue weighted by Crippen LogP contribution is -2.22. The minimum absolute atomic E-state index is 0.0837. The monoisotopic (exact) mass is 342 g/mol. The number of hydrogen-bond donors (Lipinski definition) is 1. The summed E-state index contributed by atoms with van der Waals surface area (Å²) in [6, 6.07) is 8.42. The normalized spacial score (nSPS) is 14.4. The van der Waals surface area contributed by atoms with Crippen LogP contribution in [-0.4, -0.2) is 11.0 Å². The minimum atomic E-state index is 0.0837. The third-order valence-corrected chi connectivity index (χ3v) is 5.61. The zero-order chi connectivity index (χ0) is 13.1. The summed E-state index contributed by atoms with van der Waals surface area (Å²) in [5.74, 6) is 0. The summed E-state index contributed by atoms with van der Waals surface area (Å²) in [6.07, 6.45) is 0. The number of benzene rings is 1. The van der Waals surface area contributed by atoms with Crippen molar-refractivity contribution in [1.82, 2.24) is 4.98 Å². The lowest BCUT2D eigenvalue weighted by atomic mass is 10.1. The first-order valence-electron chi connectivity index (χ1n) is 5.66. The van der Waals surface area contributed by atoms with Crippen LogP contribution in [0.5, 0.6) is 0 Å². The number of nitrogens with two attached hydrogens (primary N) is 1. The highest BCUT2D eigenvalue weighted by molar-refractivity contribution is 9.10. The molecule has 0 aliphatic carbocycles. The van der Waals surface area contributed by atoms with Crippen molar-refractivity contribution in [2.75, 3.05) is 0 Å². The molecular weight excluding hydrogens is 328 g/mol. The number of thioether (sulfide) groups is 1. The molecule has 1 heterocycles. The molecule has 2 atom stereocenters. The van der Waals surface area contributed by atoms with Gasteiger partial charge < -0.3 is 5.73 Å². The molecule has 96 valence electrons. The fraction of sp³-hybridized carbons (Fsp3) is 0.308. The maximum atomic E-state index is 6.11. The van der Waals surface area contributed by atoms with E-state index in [9.17, 15) is 0 Å². The molecule has 18 heavy (non-hydrogen) atoms. The highest BCUT2D eigenvalue weighted by Gasteiger charge is 2.19. The Kier molecular flexibility index (Phi) is 4.84. The first-order valence-corrected chi connectivity index (χ1v) is 8.21. The van der Waals surface area contributed by atoms with Gasteiger partial charge in [0.1, 0.15) is 0 Å². The lowest BCUT2D eigenvalue weighted by Gasteiger charge is -2.19. The van der Waals surface area contributed by atoms with Crippen molar-refractivity contribution in [3.63, 3.8) is 0 Å². The molecule has 2 nitrogen and oxygen atoms in total. The van der Waals surface area contributed by atoms with Crippen LogP contribution >= 0.6 is 39.0 Å². The van der Waals surface area contributed by atoms with E-state index >= 15 is 0 Å². The molecule has 0 radical (unpaired) electrons. The van der Waals surface area contributed by atoms with Crippen LogP contribution in [0.3, 0.4) is 0 Å². The second-order valence-electron chi connectivity index (χ2n) is 4.20. The molecule has 1 aromatic heterocycles. The summed E-state index contributed by atoms with van der Waals surface area (Å²) in [6.45, 7) is 4.06. The average molecular weight is 343 g/mol. The summed E-state index contributed by atoms with van der Waals surface area (Å²) < 4.78 is 2.17. The van der Waals surface area contributed by atoms with Crippen molar-refractivity contribution < 1.29 is 0 Å². The van der Waals surface area contributed by atoms with E-state index in [1.165, 1.54) is 5.56 Å². The van der Waals surface area contributed by atoms with E-state index in [-0.39, 0.29) is 11.3 Å². The SMILES string of the molecule is Cc1csc(SC(c2ccc(Br)cc2)C(C)N)n1. The Morgan fingerprint density at radius 2 is 2.00 bits per heavy atom. The second kappa shape index (κ2) is 6.19. The number of aromatic nitrogens is 1. The fourth-order valence-electron chi connectivity index (χ4n) is 1.63. The third-order valence-electron chi connectivity index (χ3n) is 2.50. The van der Waals surface area contributed by atoms with Crippen LogP contribution in [0.2, 0.25) is 0 Å². The Labute approximate surface area is 124 Å². The van der Waals surface area contributed by atoms with Gasteiger partial charge in [0.25, 0.3) is 0 Å². The van der Waals surface area contributed by atoms with Gasteiger partial charge >= 0.3 is 0 Å². The van der Waals surface area contributed by atoms with Gasteiger partial charge in [0.15, 0.2) is 4.34 Å². The lowest BCUT2D eigenvalue weighted by molar-refractivity contribution is 0.721. The zero-order valence-electron chi connectivity index (χ0n) is 10.3. The number of thiazole rings is 1. The van der Waals surface area contributed by atoms with E-state index in [4.69, 9.17) is 5.73 Å². The Morgan fingerprint density at radius 1 is 1.33 bits per heavy atom.